The number of hydrogen-bond donors (Lipinski definition) is 1. The molecule has 0 radical (unpaired) electrons. The summed E-state index contributed by atoms with van der Waals surface area (Å²) in [4.78, 5) is 25.4. The Hall–Kier alpha value is -1.14. The van der Waals surface area contributed by atoms with Crippen molar-refractivity contribution in [3.8, 4) is 0 Å². The third kappa shape index (κ3) is 3.74. The van der Waals surface area contributed by atoms with Gasteiger partial charge in [-0.3, -0.25) is 4.79 Å². The molecule has 1 amide bonds. The van der Waals surface area contributed by atoms with Crippen molar-refractivity contribution >= 4 is 11.9 Å². The lowest BCUT2D eigenvalue weighted by Crippen LogP contribution is -2.47. The van der Waals surface area contributed by atoms with Crippen LogP contribution in [0.25, 0.3) is 0 Å². The number of likely N-dealkylation sites (tertiary alicyclic amines) is 1. The SMILES string of the molecule is CCC(OC1CCCC1)C(=O)N1CC(OC)CC1C(=O)O. The van der Waals surface area contributed by atoms with E-state index < -0.39 is 18.1 Å². The number of rotatable bonds is 6. The summed E-state index contributed by atoms with van der Waals surface area (Å²) in [6.07, 6.45) is 4.57. The first kappa shape index (κ1) is 16.2. The predicted molar refractivity (Wildman–Crippen MR) is 76.0 cm³/mol. The van der Waals surface area contributed by atoms with Crippen molar-refractivity contribution in [2.24, 2.45) is 0 Å². The van der Waals surface area contributed by atoms with Gasteiger partial charge in [-0.15, -0.1) is 0 Å². The minimum absolute atomic E-state index is 0.142. The molecule has 1 N–H and O–H groups in total. The number of aliphatic carboxylic acids is 1. The van der Waals surface area contributed by atoms with Crippen molar-refractivity contribution in [3.63, 3.8) is 0 Å². The maximum atomic E-state index is 12.6. The molecule has 1 aliphatic heterocycles. The van der Waals surface area contributed by atoms with Crippen LogP contribution in [0.4, 0.5) is 0 Å². The molecule has 120 valence electrons. The van der Waals surface area contributed by atoms with Crippen molar-refractivity contribution in [1.29, 1.82) is 0 Å². The number of methoxy groups -OCH3 is 1. The third-order valence-corrected chi connectivity index (χ3v) is 4.47. The fourth-order valence-electron chi connectivity index (χ4n) is 3.22. The van der Waals surface area contributed by atoms with Crippen LogP contribution in [-0.4, -0.2) is 59.9 Å². The molecule has 6 heteroatoms. The van der Waals surface area contributed by atoms with Crippen molar-refractivity contribution in [2.75, 3.05) is 13.7 Å². The van der Waals surface area contributed by atoms with Crippen LogP contribution >= 0.6 is 0 Å². The Morgan fingerprint density at radius 1 is 1.29 bits per heavy atom. The summed E-state index contributed by atoms with van der Waals surface area (Å²) >= 11 is 0. The van der Waals surface area contributed by atoms with Crippen molar-refractivity contribution in [3.05, 3.63) is 0 Å². The minimum Gasteiger partial charge on any atom is -0.480 e. The standard InChI is InChI=1S/C15H25NO5/c1-3-13(21-10-6-4-5-7-10)14(17)16-9-11(20-2)8-12(16)15(18)19/h10-13H,3-9H2,1-2H3,(H,18,19). The van der Waals surface area contributed by atoms with E-state index in [1.807, 2.05) is 6.92 Å². The highest BCUT2D eigenvalue weighted by Gasteiger charge is 2.42. The minimum atomic E-state index is -0.974. The van der Waals surface area contributed by atoms with Crippen molar-refractivity contribution in [2.45, 2.75) is 69.8 Å². The van der Waals surface area contributed by atoms with E-state index in [1.165, 1.54) is 4.90 Å². The zero-order chi connectivity index (χ0) is 15.4. The number of amides is 1. The van der Waals surface area contributed by atoms with Crippen LogP contribution in [-0.2, 0) is 19.1 Å². The molecule has 3 unspecified atom stereocenters. The highest BCUT2D eigenvalue weighted by Crippen LogP contribution is 2.26. The Morgan fingerprint density at radius 3 is 2.48 bits per heavy atom. The molecule has 0 aromatic carbocycles. The van der Waals surface area contributed by atoms with Gasteiger partial charge in [-0.25, -0.2) is 4.79 Å². The first-order chi connectivity index (χ1) is 10.1. The number of carbonyl (C=O) groups is 2. The van der Waals surface area contributed by atoms with E-state index >= 15 is 0 Å². The Labute approximate surface area is 125 Å². The summed E-state index contributed by atoms with van der Waals surface area (Å²) in [5.41, 5.74) is 0. The smallest absolute Gasteiger partial charge is 0.326 e. The van der Waals surface area contributed by atoms with E-state index in [0.29, 0.717) is 19.4 Å². The number of ether oxygens (including phenoxy) is 2. The number of nitrogens with zero attached hydrogens (tertiary/aromatic N) is 1. The third-order valence-electron chi connectivity index (χ3n) is 4.47. The van der Waals surface area contributed by atoms with Gasteiger partial charge in [-0.2, -0.15) is 0 Å². The average molecular weight is 299 g/mol. The maximum absolute atomic E-state index is 12.6. The van der Waals surface area contributed by atoms with Gasteiger partial charge in [-0.1, -0.05) is 19.8 Å². The molecule has 1 aliphatic carbocycles. The molecule has 6 nitrogen and oxygen atoms in total. The van der Waals surface area contributed by atoms with Gasteiger partial charge in [0, 0.05) is 20.1 Å². The molecule has 21 heavy (non-hydrogen) atoms. The molecule has 1 saturated heterocycles. The first-order valence-corrected chi connectivity index (χ1v) is 7.78. The molecule has 0 aromatic rings. The van der Waals surface area contributed by atoms with Gasteiger partial charge in [0.2, 0.25) is 0 Å². The average Bonchev–Trinajstić information content (AvgIpc) is 3.12. The van der Waals surface area contributed by atoms with Crippen LogP contribution in [0.2, 0.25) is 0 Å². The Balaban J connectivity index is 2.02. The summed E-state index contributed by atoms with van der Waals surface area (Å²) in [5.74, 6) is -1.19. The highest BCUT2D eigenvalue weighted by molar-refractivity contribution is 5.87. The largest absolute Gasteiger partial charge is 0.480 e. The molecular weight excluding hydrogens is 274 g/mol. The fourth-order valence-corrected chi connectivity index (χ4v) is 3.22. The number of carboxylic acids is 1. The van der Waals surface area contributed by atoms with E-state index in [4.69, 9.17) is 9.47 Å². The van der Waals surface area contributed by atoms with Crippen molar-refractivity contribution < 1.29 is 24.2 Å². The molecular formula is C15H25NO5. The number of hydrogen-bond acceptors (Lipinski definition) is 4. The summed E-state index contributed by atoms with van der Waals surface area (Å²) in [5, 5.41) is 9.29. The molecule has 1 saturated carbocycles. The lowest BCUT2D eigenvalue weighted by molar-refractivity contribution is -0.156. The lowest BCUT2D eigenvalue weighted by Gasteiger charge is -2.27. The Kier molecular flexibility index (Phi) is 5.58. The molecule has 2 aliphatic rings. The molecule has 2 rings (SSSR count). The predicted octanol–water partition coefficient (Wildman–Crippen LogP) is 1.42. The van der Waals surface area contributed by atoms with Gasteiger partial charge >= 0.3 is 5.97 Å². The zero-order valence-electron chi connectivity index (χ0n) is 12.8. The molecule has 0 bridgehead atoms. The van der Waals surface area contributed by atoms with Gasteiger partial charge in [0.25, 0.3) is 5.91 Å². The first-order valence-electron chi connectivity index (χ1n) is 7.78. The topological polar surface area (TPSA) is 76.1 Å². The Bertz CT molecular complexity index is 380. The summed E-state index contributed by atoms with van der Waals surface area (Å²) in [6, 6.07) is -0.802. The molecule has 0 spiro atoms. The second-order valence-electron chi connectivity index (χ2n) is 5.88. The van der Waals surface area contributed by atoms with Crippen LogP contribution in [0, 0.1) is 0 Å². The molecule has 2 fully saturated rings. The van der Waals surface area contributed by atoms with Gasteiger partial charge in [0.05, 0.1) is 12.2 Å². The number of carboxylic acid groups (broad SMARTS) is 1. The highest BCUT2D eigenvalue weighted by atomic mass is 16.5. The quantitative estimate of drug-likeness (QED) is 0.803. The maximum Gasteiger partial charge on any atom is 0.326 e. The van der Waals surface area contributed by atoms with E-state index in [0.717, 1.165) is 25.7 Å². The van der Waals surface area contributed by atoms with Crippen LogP contribution < -0.4 is 0 Å². The van der Waals surface area contributed by atoms with E-state index in [-0.39, 0.29) is 18.1 Å². The molecule has 0 aromatic heterocycles. The second-order valence-corrected chi connectivity index (χ2v) is 5.88. The summed E-state index contributed by atoms with van der Waals surface area (Å²) in [7, 11) is 1.55. The van der Waals surface area contributed by atoms with Crippen LogP contribution in [0.3, 0.4) is 0 Å². The van der Waals surface area contributed by atoms with E-state index in [9.17, 15) is 14.7 Å². The second kappa shape index (κ2) is 7.22. The van der Waals surface area contributed by atoms with E-state index in [1.54, 1.807) is 7.11 Å². The zero-order valence-corrected chi connectivity index (χ0v) is 12.8. The van der Waals surface area contributed by atoms with Crippen molar-refractivity contribution in [1.82, 2.24) is 4.90 Å². The normalized spacial score (nSPS) is 28.0. The molecule has 1 heterocycles. The van der Waals surface area contributed by atoms with Gasteiger partial charge < -0.3 is 19.5 Å². The summed E-state index contributed by atoms with van der Waals surface area (Å²) in [6.45, 7) is 2.23. The fraction of sp³-hybridized carbons (Fsp3) is 0.867. The van der Waals surface area contributed by atoms with E-state index in [2.05, 4.69) is 0 Å². The van der Waals surface area contributed by atoms with Crippen LogP contribution in [0.1, 0.15) is 45.4 Å². The summed E-state index contributed by atoms with van der Waals surface area (Å²) < 4.78 is 11.1. The number of carbonyl (C=O) groups excluding carboxylic acids is 1. The molecule has 3 atom stereocenters. The Morgan fingerprint density at radius 2 is 1.95 bits per heavy atom. The monoisotopic (exact) mass is 299 g/mol. The van der Waals surface area contributed by atoms with Gasteiger partial charge in [0.1, 0.15) is 12.1 Å². The lowest BCUT2D eigenvalue weighted by atomic mass is 10.1. The van der Waals surface area contributed by atoms with Crippen LogP contribution in [0.5, 0.6) is 0 Å². The van der Waals surface area contributed by atoms with Crippen LogP contribution in [0.15, 0.2) is 0 Å². The van der Waals surface area contributed by atoms with Gasteiger partial charge in [0.15, 0.2) is 0 Å². The van der Waals surface area contributed by atoms with Gasteiger partial charge in [-0.05, 0) is 19.3 Å².